The molecule has 0 saturated carbocycles. The van der Waals surface area contributed by atoms with Gasteiger partial charge in [-0.1, -0.05) is 31.2 Å². The van der Waals surface area contributed by atoms with Crippen molar-refractivity contribution < 1.29 is 4.79 Å². The van der Waals surface area contributed by atoms with E-state index in [4.69, 9.17) is 9.98 Å². The molecule has 3 aromatic rings. The highest BCUT2D eigenvalue weighted by Gasteiger charge is 2.39. The monoisotopic (exact) mass is 427 g/mol. The summed E-state index contributed by atoms with van der Waals surface area (Å²) in [7, 11) is 0. The Morgan fingerprint density at radius 1 is 1.09 bits per heavy atom. The van der Waals surface area contributed by atoms with Crippen LogP contribution in [0.25, 0.3) is 5.65 Å². The van der Waals surface area contributed by atoms with Gasteiger partial charge in [-0.2, -0.15) is 0 Å². The van der Waals surface area contributed by atoms with Crippen LogP contribution in [0.15, 0.2) is 77.9 Å². The lowest BCUT2D eigenvalue weighted by Gasteiger charge is -2.28. The molecule has 0 bridgehead atoms. The van der Waals surface area contributed by atoms with E-state index in [9.17, 15) is 4.79 Å². The molecule has 5 heterocycles. The maximum Gasteiger partial charge on any atom is 0.329 e. The Hall–Kier alpha value is -3.65. The zero-order chi connectivity index (χ0) is 21.7. The maximum absolute atomic E-state index is 12.8. The average Bonchev–Trinajstić information content (AvgIpc) is 3.50. The summed E-state index contributed by atoms with van der Waals surface area (Å²) in [5.74, 6) is 2.06. The highest BCUT2D eigenvalue weighted by Crippen LogP contribution is 2.30. The summed E-state index contributed by atoms with van der Waals surface area (Å²) < 4.78 is 2.05. The van der Waals surface area contributed by atoms with Crippen molar-refractivity contribution in [1.29, 1.82) is 0 Å². The largest absolute Gasteiger partial charge is 0.329 e. The quantitative estimate of drug-likeness (QED) is 0.695. The summed E-state index contributed by atoms with van der Waals surface area (Å²) in [6.07, 6.45) is 6.07. The first-order chi connectivity index (χ1) is 15.6. The number of fused-ring (bicyclic) bond motifs is 2. The molecule has 6 rings (SSSR count). The summed E-state index contributed by atoms with van der Waals surface area (Å²) in [6.45, 7) is 5.30. The van der Waals surface area contributed by atoms with Gasteiger partial charge >= 0.3 is 6.03 Å². The number of aromatic nitrogens is 2. The first kappa shape index (κ1) is 19.1. The molecular formula is C24H25N7O. The van der Waals surface area contributed by atoms with Crippen LogP contribution in [0.5, 0.6) is 0 Å². The number of para-hydroxylation sites is 1. The van der Waals surface area contributed by atoms with E-state index in [0.717, 1.165) is 42.5 Å². The second-order valence-corrected chi connectivity index (χ2v) is 8.77. The third-order valence-corrected chi connectivity index (χ3v) is 6.48. The Kier molecular flexibility index (Phi) is 4.46. The van der Waals surface area contributed by atoms with Crippen LogP contribution in [0.4, 0.5) is 10.5 Å². The highest BCUT2D eigenvalue weighted by molar-refractivity contribution is 6.02. The summed E-state index contributed by atoms with van der Waals surface area (Å²) in [4.78, 5) is 28.6. The number of urea groups is 1. The van der Waals surface area contributed by atoms with Gasteiger partial charge in [0.25, 0.3) is 0 Å². The van der Waals surface area contributed by atoms with Gasteiger partial charge in [0, 0.05) is 49.8 Å². The molecule has 1 N–H and O–H groups in total. The van der Waals surface area contributed by atoms with Gasteiger partial charge < -0.3 is 9.30 Å². The molecule has 0 radical (unpaired) electrons. The van der Waals surface area contributed by atoms with Crippen LogP contribution >= 0.6 is 0 Å². The second kappa shape index (κ2) is 7.49. The zero-order valence-corrected chi connectivity index (χ0v) is 17.9. The van der Waals surface area contributed by atoms with Crippen molar-refractivity contribution in [1.82, 2.24) is 24.5 Å². The molecule has 8 nitrogen and oxygen atoms in total. The van der Waals surface area contributed by atoms with Crippen LogP contribution in [-0.4, -0.2) is 50.8 Å². The molecule has 0 aliphatic carbocycles. The minimum Gasteiger partial charge on any atom is -0.326 e. The summed E-state index contributed by atoms with van der Waals surface area (Å²) in [5.41, 5.74) is 3.07. The number of carbonyl (C=O) groups excluding carboxylic acids is 1. The van der Waals surface area contributed by atoms with Crippen LogP contribution in [0, 0.1) is 11.8 Å². The van der Waals surface area contributed by atoms with Gasteiger partial charge in [-0.3, -0.25) is 15.1 Å². The SMILES string of the molecule is CC1CN(Cc2cn3ccccc3n2)CC1C1=NC2=CN(c3ccccc3)CN2C(=O)N1. The summed E-state index contributed by atoms with van der Waals surface area (Å²) in [6, 6.07) is 16.0. The number of nitrogens with one attached hydrogen (secondary N) is 1. The van der Waals surface area contributed by atoms with Crippen LogP contribution in [0.1, 0.15) is 12.6 Å². The van der Waals surface area contributed by atoms with Crippen LogP contribution in [0.3, 0.4) is 0 Å². The Balaban J connectivity index is 1.20. The first-order valence-corrected chi connectivity index (χ1v) is 11.0. The number of carbonyl (C=O) groups is 1. The van der Waals surface area contributed by atoms with E-state index in [1.807, 2.05) is 60.9 Å². The lowest BCUT2D eigenvalue weighted by molar-refractivity contribution is 0.216. The molecule has 3 aliphatic heterocycles. The highest BCUT2D eigenvalue weighted by atomic mass is 16.2. The van der Waals surface area contributed by atoms with Crippen molar-refractivity contribution in [3.05, 3.63) is 78.6 Å². The van der Waals surface area contributed by atoms with Gasteiger partial charge in [0.1, 0.15) is 18.2 Å². The number of rotatable bonds is 4. The standard InChI is InChI=1S/C24H25N7O/c1-17-11-28(12-18-13-29-10-6-5-9-21(29)25-18)14-20(17)23-26-22-15-30(16-31(22)24(32)27-23)19-7-3-2-4-8-19/h2-10,13,15,17,20H,11-12,14,16H2,1H3,(H,26,27,32). The number of aliphatic imine (C=N–C) groups is 1. The minimum absolute atomic E-state index is 0.106. The lowest BCUT2D eigenvalue weighted by atomic mass is 9.96. The van der Waals surface area contributed by atoms with Crippen molar-refractivity contribution >= 4 is 23.2 Å². The number of benzene rings is 1. The lowest BCUT2D eigenvalue weighted by Crippen LogP contribution is -2.49. The Bertz CT molecular complexity index is 1200. The smallest absolute Gasteiger partial charge is 0.326 e. The predicted molar refractivity (Wildman–Crippen MR) is 123 cm³/mol. The predicted octanol–water partition coefficient (Wildman–Crippen LogP) is 3.10. The molecule has 1 saturated heterocycles. The number of hydrogen-bond donors (Lipinski definition) is 1. The number of amides is 2. The fourth-order valence-electron chi connectivity index (χ4n) is 4.86. The van der Waals surface area contributed by atoms with Crippen molar-refractivity contribution in [3.63, 3.8) is 0 Å². The maximum atomic E-state index is 12.8. The van der Waals surface area contributed by atoms with Gasteiger partial charge in [0.05, 0.1) is 5.69 Å². The molecule has 2 unspecified atom stereocenters. The topological polar surface area (TPSA) is 68.5 Å². The molecule has 3 aliphatic rings. The number of anilines is 1. The van der Waals surface area contributed by atoms with Crippen LogP contribution < -0.4 is 10.2 Å². The molecule has 2 atom stereocenters. The van der Waals surface area contributed by atoms with Crippen LogP contribution in [-0.2, 0) is 6.54 Å². The van der Waals surface area contributed by atoms with Gasteiger partial charge in [-0.25, -0.2) is 14.8 Å². The number of likely N-dealkylation sites (tertiary alicyclic amines) is 1. The summed E-state index contributed by atoms with van der Waals surface area (Å²) in [5, 5.41) is 3.06. The van der Waals surface area contributed by atoms with E-state index in [2.05, 4.69) is 32.6 Å². The fourth-order valence-corrected chi connectivity index (χ4v) is 4.86. The average molecular weight is 428 g/mol. The molecule has 0 spiro atoms. The summed E-state index contributed by atoms with van der Waals surface area (Å²) >= 11 is 0. The van der Waals surface area contributed by atoms with Gasteiger partial charge in [-0.05, 0) is 30.2 Å². The number of amidine groups is 1. The molecular weight excluding hydrogens is 402 g/mol. The third-order valence-electron chi connectivity index (χ3n) is 6.48. The zero-order valence-electron chi connectivity index (χ0n) is 17.9. The third kappa shape index (κ3) is 3.33. The van der Waals surface area contributed by atoms with Crippen molar-refractivity contribution in [2.45, 2.75) is 13.5 Å². The molecule has 2 aromatic heterocycles. The van der Waals surface area contributed by atoms with Crippen LogP contribution in [0.2, 0.25) is 0 Å². The molecule has 162 valence electrons. The number of hydrogen-bond acceptors (Lipinski definition) is 5. The number of nitrogens with zero attached hydrogens (tertiary/aromatic N) is 6. The van der Waals surface area contributed by atoms with Crippen molar-refractivity contribution in [3.8, 4) is 0 Å². The van der Waals surface area contributed by atoms with E-state index in [-0.39, 0.29) is 11.9 Å². The minimum atomic E-state index is -0.106. The second-order valence-electron chi connectivity index (χ2n) is 8.77. The molecule has 2 amide bonds. The fraction of sp³-hybridized carbons (Fsp3) is 0.292. The van der Waals surface area contributed by atoms with E-state index in [1.165, 1.54) is 0 Å². The van der Waals surface area contributed by atoms with E-state index >= 15 is 0 Å². The normalized spacial score (nSPS) is 23.3. The van der Waals surface area contributed by atoms with E-state index in [0.29, 0.717) is 18.4 Å². The van der Waals surface area contributed by atoms with E-state index in [1.54, 1.807) is 4.90 Å². The Morgan fingerprint density at radius 3 is 2.78 bits per heavy atom. The molecule has 8 heteroatoms. The number of pyridine rings is 1. The molecule has 32 heavy (non-hydrogen) atoms. The van der Waals surface area contributed by atoms with Crippen molar-refractivity contribution in [2.24, 2.45) is 16.8 Å². The Morgan fingerprint density at radius 2 is 1.94 bits per heavy atom. The van der Waals surface area contributed by atoms with E-state index < -0.39 is 0 Å². The first-order valence-electron chi connectivity index (χ1n) is 11.0. The molecule has 1 aromatic carbocycles. The number of imidazole rings is 1. The van der Waals surface area contributed by atoms with Crippen molar-refractivity contribution in [2.75, 3.05) is 24.7 Å². The van der Waals surface area contributed by atoms with Gasteiger partial charge in [0.15, 0.2) is 5.82 Å². The molecule has 1 fully saturated rings. The Labute approximate surface area is 186 Å². The van der Waals surface area contributed by atoms with Gasteiger partial charge in [-0.15, -0.1) is 0 Å². The van der Waals surface area contributed by atoms with Gasteiger partial charge in [0.2, 0.25) is 0 Å².